The lowest BCUT2D eigenvalue weighted by atomic mass is 9.79. The third-order valence-electron chi connectivity index (χ3n) is 5.35. The van der Waals surface area contributed by atoms with Crippen molar-refractivity contribution in [3.63, 3.8) is 0 Å². The minimum atomic E-state index is -0.515. The molecule has 1 saturated heterocycles. The van der Waals surface area contributed by atoms with Crippen molar-refractivity contribution < 1.29 is 9.59 Å². The van der Waals surface area contributed by atoms with Crippen molar-refractivity contribution in [3.05, 3.63) is 28.8 Å². The number of amides is 2. The number of nitriles is 1. The summed E-state index contributed by atoms with van der Waals surface area (Å²) in [5.41, 5.74) is 0.876. The van der Waals surface area contributed by atoms with Gasteiger partial charge < -0.3 is 15.1 Å². The fraction of sp³-hybridized carbons (Fsp3) is 0.550. The smallest absolute Gasteiger partial charge is 0.241 e. The van der Waals surface area contributed by atoms with Crippen LogP contribution >= 0.6 is 11.6 Å². The molecule has 2 rings (SSSR count). The molecule has 1 fully saturated rings. The SMILES string of the molecule is CCN(CC)C(=O)CNC(=O)C1(C)CCN(c2ccc(Cl)cc2C#N)CC1. The third kappa shape index (κ3) is 4.92. The number of carbonyl (C=O) groups is 2. The largest absolute Gasteiger partial charge is 0.370 e. The Morgan fingerprint density at radius 3 is 2.48 bits per heavy atom. The number of anilines is 1. The number of nitrogens with zero attached hydrogens (tertiary/aromatic N) is 3. The van der Waals surface area contributed by atoms with Gasteiger partial charge in [0.1, 0.15) is 6.07 Å². The fourth-order valence-corrected chi connectivity index (χ4v) is 3.57. The van der Waals surface area contributed by atoms with E-state index in [2.05, 4.69) is 16.3 Å². The Balaban J connectivity index is 1.96. The topological polar surface area (TPSA) is 76.4 Å². The molecule has 1 aromatic rings. The van der Waals surface area contributed by atoms with Gasteiger partial charge in [-0.25, -0.2) is 0 Å². The molecule has 1 aliphatic rings. The summed E-state index contributed by atoms with van der Waals surface area (Å²) in [6.45, 7) is 8.44. The van der Waals surface area contributed by atoms with Crippen LogP contribution in [0.15, 0.2) is 18.2 Å². The maximum Gasteiger partial charge on any atom is 0.241 e. The molecule has 0 radical (unpaired) electrons. The molecular weight excluding hydrogens is 364 g/mol. The Kier molecular flexibility index (Phi) is 7.09. The van der Waals surface area contributed by atoms with Crippen molar-refractivity contribution in [2.24, 2.45) is 5.41 Å². The van der Waals surface area contributed by atoms with Crippen LogP contribution in [0.5, 0.6) is 0 Å². The average Bonchev–Trinajstić information content (AvgIpc) is 2.67. The van der Waals surface area contributed by atoms with Gasteiger partial charge in [0.15, 0.2) is 0 Å². The predicted octanol–water partition coefficient (Wildman–Crippen LogP) is 2.80. The van der Waals surface area contributed by atoms with Crippen LogP contribution in [0.2, 0.25) is 5.02 Å². The minimum absolute atomic E-state index is 0.0373. The first-order valence-electron chi connectivity index (χ1n) is 9.35. The van der Waals surface area contributed by atoms with Crippen molar-refractivity contribution in [2.75, 3.05) is 37.6 Å². The van der Waals surface area contributed by atoms with Crippen LogP contribution in [0, 0.1) is 16.7 Å². The number of piperidine rings is 1. The Bertz CT molecular complexity index is 732. The highest BCUT2D eigenvalue weighted by Gasteiger charge is 2.37. The fourth-order valence-electron chi connectivity index (χ4n) is 3.40. The molecule has 2 amide bonds. The Morgan fingerprint density at radius 1 is 1.30 bits per heavy atom. The first kappa shape index (κ1) is 21.0. The number of likely N-dealkylation sites (N-methyl/N-ethyl adjacent to an activating group) is 1. The van der Waals surface area contributed by atoms with Gasteiger partial charge in [0.25, 0.3) is 0 Å². The Labute approximate surface area is 166 Å². The minimum Gasteiger partial charge on any atom is -0.370 e. The van der Waals surface area contributed by atoms with Crippen LogP contribution in [-0.2, 0) is 9.59 Å². The number of hydrogen-bond acceptors (Lipinski definition) is 4. The standard InChI is InChI=1S/C20H27ClN4O2/c1-4-24(5-2)18(26)14-23-19(27)20(3)8-10-25(11-9-20)17-7-6-16(21)12-15(17)13-22/h6-7,12H,4-5,8-11,14H2,1-3H3,(H,23,27). The molecule has 27 heavy (non-hydrogen) atoms. The lowest BCUT2D eigenvalue weighted by molar-refractivity contribution is -0.136. The molecule has 6 nitrogen and oxygen atoms in total. The molecule has 0 unspecified atom stereocenters. The van der Waals surface area contributed by atoms with Crippen molar-refractivity contribution in [1.82, 2.24) is 10.2 Å². The molecular formula is C20H27ClN4O2. The maximum absolute atomic E-state index is 12.7. The number of rotatable bonds is 6. The van der Waals surface area contributed by atoms with E-state index < -0.39 is 5.41 Å². The van der Waals surface area contributed by atoms with E-state index in [1.54, 1.807) is 17.0 Å². The Morgan fingerprint density at radius 2 is 1.93 bits per heavy atom. The highest BCUT2D eigenvalue weighted by atomic mass is 35.5. The third-order valence-corrected chi connectivity index (χ3v) is 5.59. The summed E-state index contributed by atoms with van der Waals surface area (Å²) in [5, 5.41) is 12.7. The second-order valence-electron chi connectivity index (χ2n) is 7.07. The number of hydrogen-bond donors (Lipinski definition) is 1. The lowest BCUT2D eigenvalue weighted by Gasteiger charge is -2.39. The summed E-state index contributed by atoms with van der Waals surface area (Å²) in [5.74, 6) is -0.145. The van der Waals surface area contributed by atoms with Gasteiger partial charge in [-0.3, -0.25) is 9.59 Å². The van der Waals surface area contributed by atoms with Gasteiger partial charge in [0.05, 0.1) is 17.8 Å². The van der Waals surface area contributed by atoms with Crippen molar-refractivity contribution in [1.29, 1.82) is 5.26 Å². The number of halogens is 1. The van der Waals surface area contributed by atoms with Crippen LogP contribution in [-0.4, -0.2) is 49.4 Å². The first-order valence-corrected chi connectivity index (χ1v) is 9.73. The molecule has 0 bridgehead atoms. The van der Waals surface area contributed by atoms with Crippen LogP contribution in [0.1, 0.15) is 39.2 Å². The van der Waals surface area contributed by atoms with Gasteiger partial charge in [-0.05, 0) is 44.9 Å². The zero-order valence-electron chi connectivity index (χ0n) is 16.2. The average molecular weight is 391 g/mol. The summed E-state index contributed by atoms with van der Waals surface area (Å²) in [6.07, 6.45) is 1.32. The molecule has 0 saturated carbocycles. The summed E-state index contributed by atoms with van der Waals surface area (Å²) < 4.78 is 0. The molecule has 1 heterocycles. The summed E-state index contributed by atoms with van der Waals surface area (Å²) >= 11 is 5.97. The van der Waals surface area contributed by atoms with Crippen molar-refractivity contribution in [2.45, 2.75) is 33.6 Å². The van der Waals surface area contributed by atoms with E-state index in [1.807, 2.05) is 26.8 Å². The molecule has 146 valence electrons. The van der Waals surface area contributed by atoms with Crippen molar-refractivity contribution in [3.8, 4) is 6.07 Å². The molecule has 0 atom stereocenters. The highest BCUT2D eigenvalue weighted by molar-refractivity contribution is 6.30. The van der Waals surface area contributed by atoms with E-state index in [0.717, 1.165) is 5.69 Å². The van der Waals surface area contributed by atoms with Crippen LogP contribution < -0.4 is 10.2 Å². The second kappa shape index (κ2) is 9.09. The van der Waals surface area contributed by atoms with E-state index in [0.29, 0.717) is 49.6 Å². The predicted molar refractivity (Wildman–Crippen MR) is 107 cm³/mol. The van der Waals surface area contributed by atoms with Crippen LogP contribution in [0.3, 0.4) is 0 Å². The van der Waals surface area contributed by atoms with E-state index in [9.17, 15) is 14.9 Å². The quantitative estimate of drug-likeness (QED) is 0.810. The van der Waals surface area contributed by atoms with E-state index >= 15 is 0 Å². The Hall–Kier alpha value is -2.26. The van der Waals surface area contributed by atoms with Gasteiger partial charge in [-0.1, -0.05) is 18.5 Å². The van der Waals surface area contributed by atoms with Crippen molar-refractivity contribution >= 4 is 29.1 Å². The van der Waals surface area contributed by atoms with Gasteiger partial charge in [0.2, 0.25) is 11.8 Å². The van der Waals surface area contributed by atoms with Gasteiger partial charge in [0, 0.05) is 36.6 Å². The van der Waals surface area contributed by atoms with Gasteiger partial charge in [-0.15, -0.1) is 0 Å². The first-order chi connectivity index (χ1) is 12.8. The molecule has 1 aliphatic heterocycles. The maximum atomic E-state index is 12.7. The number of carbonyl (C=O) groups excluding carboxylic acids is 2. The summed E-state index contributed by atoms with van der Waals surface area (Å²) in [4.78, 5) is 28.6. The molecule has 1 N–H and O–H groups in total. The van der Waals surface area contributed by atoms with Gasteiger partial charge in [-0.2, -0.15) is 5.26 Å². The van der Waals surface area contributed by atoms with Crippen LogP contribution in [0.25, 0.3) is 0 Å². The lowest BCUT2D eigenvalue weighted by Crippen LogP contribution is -2.49. The second-order valence-corrected chi connectivity index (χ2v) is 7.51. The summed E-state index contributed by atoms with van der Waals surface area (Å²) in [7, 11) is 0. The normalized spacial score (nSPS) is 15.7. The number of benzene rings is 1. The zero-order chi connectivity index (χ0) is 20.0. The zero-order valence-corrected chi connectivity index (χ0v) is 17.0. The molecule has 1 aromatic carbocycles. The molecule has 0 aromatic heterocycles. The summed E-state index contributed by atoms with van der Waals surface area (Å²) in [6, 6.07) is 7.48. The van der Waals surface area contributed by atoms with E-state index in [1.165, 1.54) is 0 Å². The number of nitrogens with one attached hydrogen (secondary N) is 1. The van der Waals surface area contributed by atoms with E-state index in [-0.39, 0.29) is 18.4 Å². The molecule has 0 aliphatic carbocycles. The monoisotopic (exact) mass is 390 g/mol. The molecule has 0 spiro atoms. The molecule has 7 heteroatoms. The van der Waals surface area contributed by atoms with E-state index in [4.69, 9.17) is 11.6 Å². The van der Waals surface area contributed by atoms with Gasteiger partial charge >= 0.3 is 0 Å². The van der Waals surface area contributed by atoms with Crippen LogP contribution in [0.4, 0.5) is 5.69 Å². The highest BCUT2D eigenvalue weighted by Crippen LogP contribution is 2.34.